The van der Waals surface area contributed by atoms with Gasteiger partial charge in [0.15, 0.2) is 0 Å². The molecule has 0 fully saturated rings. The van der Waals surface area contributed by atoms with E-state index < -0.39 is 0 Å². The van der Waals surface area contributed by atoms with Crippen LogP contribution in [-0.2, 0) is 17.8 Å². The van der Waals surface area contributed by atoms with E-state index in [0.717, 1.165) is 12.8 Å². The maximum absolute atomic E-state index is 12.4. The summed E-state index contributed by atoms with van der Waals surface area (Å²) in [6, 6.07) is 20.6. The smallest absolute Gasteiger partial charge is 0.253 e. The minimum absolute atomic E-state index is 0.0998. The normalized spacial score (nSPS) is 10.4. The van der Waals surface area contributed by atoms with Crippen molar-refractivity contribution in [3.8, 4) is 0 Å². The van der Waals surface area contributed by atoms with E-state index >= 15 is 0 Å². The Hall–Kier alpha value is -3.34. The van der Waals surface area contributed by atoms with Crippen LogP contribution in [0.5, 0.6) is 0 Å². The number of aryl methyl sites for hydroxylation is 1. The summed E-state index contributed by atoms with van der Waals surface area (Å²) < 4.78 is 5.21. The number of amides is 2. The van der Waals surface area contributed by atoms with Crippen molar-refractivity contribution in [1.82, 2.24) is 5.32 Å². The molecule has 138 valence electrons. The highest BCUT2D eigenvalue weighted by molar-refractivity contribution is 6.03. The van der Waals surface area contributed by atoms with Gasteiger partial charge in [0, 0.05) is 6.42 Å². The average molecular weight is 362 g/mol. The van der Waals surface area contributed by atoms with Crippen LogP contribution in [-0.4, -0.2) is 11.8 Å². The summed E-state index contributed by atoms with van der Waals surface area (Å²) in [6.45, 7) is 0.297. The van der Waals surface area contributed by atoms with Crippen molar-refractivity contribution in [2.75, 3.05) is 5.32 Å². The molecule has 2 N–H and O–H groups in total. The molecule has 0 aliphatic carbocycles. The lowest BCUT2D eigenvalue weighted by molar-refractivity contribution is -0.116. The number of benzene rings is 2. The second-order valence-electron chi connectivity index (χ2n) is 6.19. The SMILES string of the molecule is O=C(CCCc1ccccc1)Nc1ccccc1C(=O)NCc1ccco1. The van der Waals surface area contributed by atoms with Crippen molar-refractivity contribution >= 4 is 17.5 Å². The first-order chi connectivity index (χ1) is 13.2. The molecule has 0 spiro atoms. The Morgan fingerprint density at radius 3 is 2.44 bits per heavy atom. The van der Waals surface area contributed by atoms with Crippen LogP contribution in [0.3, 0.4) is 0 Å². The van der Waals surface area contributed by atoms with Crippen LogP contribution in [0.15, 0.2) is 77.4 Å². The first-order valence-corrected chi connectivity index (χ1v) is 8.96. The van der Waals surface area contributed by atoms with Gasteiger partial charge in [-0.05, 0) is 42.7 Å². The largest absolute Gasteiger partial charge is 0.467 e. The Labute approximate surface area is 158 Å². The first kappa shape index (κ1) is 18.5. The molecular formula is C22H22N2O3. The Morgan fingerprint density at radius 2 is 1.67 bits per heavy atom. The zero-order valence-electron chi connectivity index (χ0n) is 15.0. The highest BCUT2D eigenvalue weighted by Gasteiger charge is 2.13. The van der Waals surface area contributed by atoms with Gasteiger partial charge in [-0.1, -0.05) is 42.5 Å². The molecule has 5 nitrogen and oxygen atoms in total. The molecule has 3 rings (SSSR count). The molecule has 27 heavy (non-hydrogen) atoms. The third-order valence-corrected chi connectivity index (χ3v) is 4.16. The fourth-order valence-corrected chi connectivity index (χ4v) is 2.78. The summed E-state index contributed by atoms with van der Waals surface area (Å²) in [5, 5.41) is 5.64. The number of carbonyl (C=O) groups excluding carboxylic acids is 2. The van der Waals surface area contributed by atoms with Crippen molar-refractivity contribution in [1.29, 1.82) is 0 Å². The van der Waals surface area contributed by atoms with Gasteiger partial charge in [-0.15, -0.1) is 0 Å². The molecule has 0 radical (unpaired) electrons. The van der Waals surface area contributed by atoms with E-state index in [4.69, 9.17) is 4.42 Å². The predicted octanol–water partition coefficient (Wildman–Crippen LogP) is 4.17. The fourth-order valence-electron chi connectivity index (χ4n) is 2.78. The number of hydrogen-bond donors (Lipinski definition) is 2. The van der Waals surface area contributed by atoms with Gasteiger partial charge in [0.1, 0.15) is 5.76 Å². The molecule has 3 aromatic rings. The van der Waals surface area contributed by atoms with Crippen LogP contribution in [0.2, 0.25) is 0 Å². The first-order valence-electron chi connectivity index (χ1n) is 8.96. The molecule has 5 heteroatoms. The van der Waals surface area contributed by atoms with E-state index in [1.165, 1.54) is 5.56 Å². The molecule has 1 aromatic heterocycles. The Bertz CT molecular complexity index is 874. The zero-order chi connectivity index (χ0) is 18.9. The zero-order valence-corrected chi connectivity index (χ0v) is 15.0. The molecule has 0 unspecified atom stereocenters. The maximum Gasteiger partial charge on any atom is 0.253 e. The van der Waals surface area contributed by atoms with Gasteiger partial charge in [-0.25, -0.2) is 0 Å². The molecule has 0 aliphatic rings. The van der Waals surface area contributed by atoms with Crippen molar-refractivity contribution in [3.05, 3.63) is 89.9 Å². The van der Waals surface area contributed by atoms with E-state index in [1.54, 1.807) is 42.7 Å². The second-order valence-corrected chi connectivity index (χ2v) is 6.19. The third kappa shape index (κ3) is 5.57. The lowest BCUT2D eigenvalue weighted by atomic mass is 10.1. The number of nitrogens with one attached hydrogen (secondary N) is 2. The van der Waals surface area contributed by atoms with Gasteiger partial charge < -0.3 is 15.1 Å². The van der Waals surface area contributed by atoms with Gasteiger partial charge in [0.2, 0.25) is 5.91 Å². The lowest BCUT2D eigenvalue weighted by Crippen LogP contribution is -2.24. The van der Waals surface area contributed by atoms with Gasteiger partial charge in [0.25, 0.3) is 5.91 Å². The molecule has 0 bridgehead atoms. The van der Waals surface area contributed by atoms with Crippen LogP contribution in [0, 0.1) is 0 Å². The van der Waals surface area contributed by atoms with E-state index in [1.807, 2.05) is 18.2 Å². The summed E-state index contributed by atoms with van der Waals surface area (Å²) in [6.07, 6.45) is 3.56. The number of furan rings is 1. The summed E-state index contributed by atoms with van der Waals surface area (Å²) in [5.41, 5.74) is 2.16. The van der Waals surface area contributed by atoms with Crippen molar-refractivity contribution in [2.45, 2.75) is 25.8 Å². The van der Waals surface area contributed by atoms with Gasteiger partial charge in [0.05, 0.1) is 24.1 Å². The second kappa shape index (κ2) is 9.38. The summed E-state index contributed by atoms with van der Waals surface area (Å²) >= 11 is 0. The highest BCUT2D eigenvalue weighted by atomic mass is 16.3. The lowest BCUT2D eigenvalue weighted by Gasteiger charge is -2.11. The molecule has 0 atom stereocenters. The quantitative estimate of drug-likeness (QED) is 0.632. The Morgan fingerprint density at radius 1 is 0.889 bits per heavy atom. The van der Waals surface area contributed by atoms with Crippen LogP contribution in [0.1, 0.15) is 34.5 Å². The number of para-hydroxylation sites is 1. The van der Waals surface area contributed by atoms with E-state index in [0.29, 0.717) is 30.0 Å². The van der Waals surface area contributed by atoms with Crippen molar-refractivity contribution in [2.24, 2.45) is 0 Å². The Balaban J connectivity index is 1.53. The number of carbonyl (C=O) groups is 2. The Kier molecular flexibility index (Phi) is 6.41. The monoisotopic (exact) mass is 362 g/mol. The molecular weight excluding hydrogens is 340 g/mol. The summed E-state index contributed by atoms with van der Waals surface area (Å²) in [5.74, 6) is 0.314. The summed E-state index contributed by atoms with van der Waals surface area (Å²) in [7, 11) is 0. The maximum atomic E-state index is 12.4. The molecule has 1 heterocycles. The molecule has 0 saturated heterocycles. The fraction of sp³-hybridized carbons (Fsp3) is 0.182. The average Bonchev–Trinajstić information content (AvgIpc) is 3.21. The molecule has 0 aliphatic heterocycles. The molecule has 2 amide bonds. The van der Waals surface area contributed by atoms with Crippen LogP contribution in [0.25, 0.3) is 0 Å². The number of anilines is 1. The van der Waals surface area contributed by atoms with Crippen LogP contribution in [0.4, 0.5) is 5.69 Å². The van der Waals surface area contributed by atoms with E-state index in [9.17, 15) is 9.59 Å². The standard InChI is InChI=1S/C22H22N2O3/c25-21(14-6-10-17-8-2-1-3-9-17)24-20-13-5-4-12-19(20)22(26)23-16-18-11-7-15-27-18/h1-5,7-9,11-13,15H,6,10,14,16H2,(H,23,26)(H,24,25). The third-order valence-electron chi connectivity index (χ3n) is 4.16. The van der Waals surface area contributed by atoms with E-state index in [-0.39, 0.29) is 11.8 Å². The van der Waals surface area contributed by atoms with Crippen molar-refractivity contribution in [3.63, 3.8) is 0 Å². The predicted molar refractivity (Wildman–Crippen MR) is 104 cm³/mol. The van der Waals surface area contributed by atoms with Crippen LogP contribution >= 0.6 is 0 Å². The van der Waals surface area contributed by atoms with Crippen molar-refractivity contribution < 1.29 is 14.0 Å². The van der Waals surface area contributed by atoms with Gasteiger partial charge in [-0.2, -0.15) is 0 Å². The molecule has 0 saturated carbocycles. The summed E-state index contributed by atoms with van der Waals surface area (Å²) in [4.78, 5) is 24.7. The minimum Gasteiger partial charge on any atom is -0.467 e. The highest BCUT2D eigenvalue weighted by Crippen LogP contribution is 2.16. The van der Waals surface area contributed by atoms with E-state index in [2.05, 4.69) is 22.8 Å². The van der Waals surface area contributed by atoms with Gasteiger partial charge in [-0.3, -0.25) is 9.59 Å². The number of rotatable bonds is 8. The minimum atomic E-state index is -0.258. The number of hydrogen-bond acceptors (Lipinski definition) is 3. The molecule has 2 aromatic carbocycles. The van der Waals surface area contributed by atoms with Crippen LogP contribution < -0.4 is 10.6 Å². The van der Waals surface area contributed by atoms with Gasteiger partial charge >= 0.3 is 0 Å². The topological polar surface area (TPSA) is 71.3 Å².